The van der Waals surface area contributed by atoms with E-state index in [1.165, 1.54) is 6.42 Å². The Balaban J connectivity index is 2.02. The lowest BCUT2D eigenvalue weighted by molar-refractivity contribution is -0.144. The fraction of sp³-hybridized carbons (Fsp3) is 0.882. The highest BCUT2D eigenvalue weighted by molar-refractivity contribution is 5.85. The van der Waals surface area contributed by atoms with Crippen LogP contribution in [0.4, 0.5) is 0 Å². The molecule has 2 unspecified atom stereocenters. The topological polar surface area (TPSA) is 66.6 Å². The second-order valence-corrected chi connectivity index (χ2v) is 7.24. The molecule has 2 atom stereocenters. The van der Waals surface area contributed by atoms with Gasteiger partial charge in [-0.1, -0.05) is 13.3 Å². The van der Waals surface area contributed by atoms with Crippen molar-refractivity contribution < 1.29 is 9.59 Å². The summed E-state index contributed by atoms with van der Waals surface area (Å²) in [5, 5.41) is 0. The Labute approximate surface area is 134 Å². The number of amides is 2. The Morgan fingerprint density at radius 1 is 1.14 bits per heavy atom. The Morgan fingerprint density at radius 3 is 2.23 bits per heavy atom. The summed E-state index contributed by atoms with van der Waals surface area (Å²) in [7, 11) is 3.47. The minimum atomic E-state index is -0.00509. The van der Waals surface area contributed by atoms with Crippen molar-refractivity contribution in [2.24, 2.45) is 23.5 Å². The molecule has 126 valence electrons. The van der Waals surface area contributed by atoms with Gasteiger partial charge in [-0.2, -0.15) is 0 Å². The van der Waals surface area contributed by atoms with Gasteiger partial charge in [0.2, 0.25) is 11.8 Å². The van der Waals surface area contributed by atoms with Crippen molar-refractivity contribution in [1.29, 1.82) is 0 Å². The molecule has 0 radical (unpaired) electrons. The van der Waals surface area contributed by atoms with Crippen LogP contribution in [0.1, 0.15) is 45.4 Å². The van der Waals surface area contributed by atoms with E-state index in [2.05, 4.69) is 0 Å². The molecule has 2 N–H and O–H groups in total. The van der Waals surface area contributed by atoms with Gasteiger partial charge in [0.15, 0.2) is 0 Å². The summed E-state index contributed by atoms with van der Waals surface area (Å²) >= 11 is 0. The normalized spacial score (nSPS) is 30.7. The number of fused-ring (bicyclic) bond motifs is 2. The molecule has 2 amide bonds. The number of carbonyl (C=O) groups excluding carboxylic acids is 2. The van der Waals surface area contributed by atoms with Crippen LogP contribution in [-0.2, 0) is 9.59 Å². The molecule has 0 aromatic heterocycles. The van der Waals surface area contributed by atoms with E-state index in [0.717, 1.165) is 32.1 Å². The Bertz CT molecular complexity index is 397. The van der Waals surface area contributed by atoms with Gasteiger partial charge in [0, 0.05) is 32.6 Å². The zero-order valence-electron chi connectivity index (χ0n) is 14.3. The van der Waals surface area contributed by atoms with E-state index >= 15 is 0 Å². The average Bonchev–Trinajstić information content (AvgIpc) is 2.45. The number of likely N-dealkylation sites (N-methyl/N-ethyl adjacent to an activating group) is 1. The molecule has 2 rings (SSSR count). The van der Waals surface area contributed by atoms with E-state index in [0.29, 0.717) is 18.4 Å². The maximum absolute atomic E-state index is 12.9. The van der Waals surface area contributed by atoms with Gasteiger partial charge >= 0.3 is 0 Å². The lowest BCUT2D eigenvalue weighted by Gasteiger charge is -2.44. The van der Waals surface area contributed by atoms with Crippen LogP contribution in [-0.4, -0.2) is 54.8 Å². The number of rotatable bonds is 5. The Kier molecular flexibility index (Phi) is 5.84. The van der Waals surface area contributed by atoms with Crippen molar-refractivity contribution in [2.75, 3.05) is 27.2 Å². The molecular formula is C17H31N3O2. The smallest absolute Gasteiger partial charge is 0.241 e. The van der Waals surface area contributed by atoms with E-state index in [1.807, 2.05) is 6.92 Å². The van der Waals surface area contributed by atoms with E-state index in [-0.39, 0.29) is 30.3 Å². The van der Waals surface area contributed by atoms with Crippen molar-refractivity contribution in [3.63, 3.8) is 0 Å². The molecule has 22 heavy (non-hydrogen) atoms. The van der Waals surface area contributed by atoms with Crippen LogP contribution in [0.3, 0.4) is 0 Å². The van der Waals surface area contributed by atoms with Gasteiger partial charge in [-0.15, -0.1) is 0 Å². The monoisotopic (exact) mass is 309 g/mol. The van der Waals surface area contributed by atoms with Crippen LogP contribution in [0.25, 0.3) is 0 Å². The van der Waals surface area contributed by atoms with Crippen LogP contribution in [0.15, 0.2) is 0 Å². The van der Waals surface area contributed by atoms with Crippen LogP contribution in [0.2, 0.25) is 0 Å². The standard InChI is InChI=1S/C17H31N3O2/c1-4-8-20(11-15(21)19(2)3)17(22)14-9-12-6-5-7-13(10-14)16(12)18/h12-14,16H,4-11,18H2,1-3H3. The van der Waals surface area contributed by atoms with Gasteiger partial charge in [-0.05, 0) is 43.9 Å². The van der Waals surface area contributed by atoms with Crippen molar-refractivity contribution in [3.8, 4) is 0 Å². The van der Waals surface area contributed by atoms with Crippen molar-refractivity contribution >= 4 is 11.8 Å². The number of nitrogens with zero attached hydrogens (tertiary/aromatic N) is 2. The quantitative estimate of drug-likeness (QED) is 0.836. The first-order valence-electron chi connectivity index (χ1n) is 8.68. The molecule has 2 aliphatic carbocycles. The first-order valence-corrected chi connectivity index (χ1v) is 8.68. The van der Waals surface area contributed by atoms with Gasteiger partial charge in [0.25, 0.3) is 0 Å². The minimum Gasteiger partial charge on any atom is -0.347 e. The molecule has 0 spiro atoms. The third-order valence-corrected chi connectivity index (χ3v) is 5.39. The first-order chi connectivity index (χ1) is 10.4. The molecule has 2 bridgehead atoms. The SMILES string of the molecule is CCCN(CC(=O)N(C)C)C(=O)C1CC2CCCC(C1)C2N. The van der Waals surface area contributed by atoms with Crippen molar-refractivity contribution in [2.45, 2.75) is 51.5 Å². The van der Waals surface area contributed by atoms with Crippen LogP contribution < -0.4 is 5.73 Å². The molecule has 0 aromatic carbocycles. The number of hydrogen-bond acceptors (Lipinski definition) is 3. The largest absolute Gasteiger partial charge is 0.347 e. The number of nitrogens with two attached hydrogens (primary N) is 1. The molecule has 2 saturated carbocycles. The van der Waals surface area contributed by atoms with Gasteiger partial charge in [0.1, 0.15) is 0 Å². The first kappa shape index (κ1) is 17.3. The van der Waals surface area contributed by atoms with E-state index in [4.69, 9.17) is 5.73 Å². The van der Waals surface area contributed by atoms with Crippen LogP contribution in [0.5, 0.6) is 0 Å². The van der Waals surface area contributed by atoms with Gasteiger partial charge in [-0.25, -0.2) is 0 Å². The molecule has 0 aromatic rings. The zero-order valence-corrected chi connectivity index (χ0v) is 14.3. The van der Waals surface area contributed by atoms with Crippen molar-refractivity contribution in [1.82, 2.24) is 9.80 Å². The van der Waals surface area contributed by atoms with Crippen LogP contribution in [0, 0.1) is 17.8 Å². The third-order valence-electron chi connectivity index (χ3n) is 5.39. The van der Waals surface area contributed by atoms with Crippen molar-refractivity contribution in [3.05, 3.63) is 0 Å². The zero-order chi connectivity index (χ0) is 16.3. The number of hydrogen-bond donors (Lipinski definition) is 1. The lowest BCUT2D eigenvalue weighted by Crippen LogP contribution is -2.51. The fourth-order valence-electron chi connectivity index (χ4n) is 4.09. The van der Waals surface area contributed by atoms with Gasteiger partial charge in [0.05, 0.1) is 6.54 Å². The average molecular weight is 309 g/mol. The molecule has 0 saturated heterocycles. The molecule has 0 heterocycles. The van der Waals surface area contributed by atoms with Gasteiger partial charge in [-0.3, -0.25) is 9.59 Å². The summed E-state index contributed by atoms with van der Waals surface area (Å²) < 4.78 is 0. The second kappa shape index (κ2) is 7.44. The van der Waals surface area contributed by atoms with E-state index in [1.54, 1.807) is 23.9 Å². The summed E-state index contributed by atoms with van der Waals surface area (Å²) in [6, 6.07) is 0.279. The summed E-state index contributed by atoms with van der Waals surface area (Å²) in [4.78, 5) is 28.2. The fourth-order valence-corrected chi connectivity index (χ4v) is 4.09. The number of carbonyl (C=O) groups is 2. The highest BCUT2D eigenvalue weighted by Crippen LogP contribution is 2.42. The predicted octanol–water partition coefficient (Wildman–Crippen LogP) is 1.47. The summed E-state index contributed by atoms with van der Waals surface area (Å²) in [5.74, 6) is 1.22. The highest BCUT2D eigenvalue weighted by Gasteiger charge is 2.41. The second-order valence-electron chi connectivity index (χ2n) is 7.24. The summed E-state index contributed by atoms with van der Waals surface area (Å²) in [6.07, 6.45) is 6.27. The Morgan fingerprint density at radius 2 is 1.73 bits per heavy atom. The van der Waals surface area contributed by atoms with E-state index in [9.17, 15) is 9.59 Å². The van der Waals surface area contributed by atoms with Gasteiger partial charge < -0.3 is 15.5 Å². The molecular weight excluding hydrogens is 278 g/mol. The maximum Gasteiger partial charge on any atom is 0.241 e. The summed E-state index contributed by atoms with van der Waals surface area (Å²) in [5.41, 5.74) is 6.32. The predicted molar refractivity (Wildman–Crippen MR) is 87.1 cm³/mol. The Hall–Kier alpha value is -1.10. The molecule has 2 fully saturated rings. The molecule has 5 nitrogen and oxygen atoms in total. The molecule has 5 heteroatoms. The molecule has 0 aliphatic heterocycles. The summed E-state index contributed by atoms with van der Waals surface area (Å²) in [6.45, 7) is 2.92. The third kappa shape index (κ3) is 3.80. The maximum atomic E-state index is 12.9. The molecule has 2 aliphatic rings. The van der Waals surface area contributed by atoms with E-state index < -0.39 is 0 Å². The minimum absolute atomic E-state index is 0.00509. The lowest BCUT2D eigenvalue weighted by atomic mass is 9.65. The van der Waals surface area contributed by atoms with Crippen LogP contribution >= 0.6 is 0 Å². The highest BCUT2D eigenvalue weighted by atomic mass is 16.2.